The van der Waals surface area contributed by atoms with Crippen molar-refractivity contribution in [2.45, 2.75) is 19.9 Å². The molecule has 21 heavy (non-hydrogen) atoms. The summed E-state index contributed by atoms with van der Waals surface area (Å²) >= 11 is 1.45. The summed E-state index contributed by atoms with van der Waals surface area (Å²) in [6.45, 7) is 3.46. The molecule has 0 radical (unpaired) electrons. The van der Waals surface area contributed by atoms with Gasteiger partial charge in [0, 0.05) is 5.38 Å². The van der Waals surface area contributed by atoms with Gasteiger partial charge in [0.15, 0.2) is 0 Å². The van der Waals surface area contributed by atoms with Crippen LogP contribution in [0.1, 0.15) is 34.5 Å². The number of benzene rings is 1. The maximum Gasteiger partial charge on any atom is 0.308 e. The Balaban J connectivity index is 2.27. The predicted molar refractivity (Wildman–Crippen MR) is 82.5 cm³/mol. The standard InChI is InChI=1S/C16H17NO3S/c1-10-8-21-9-13(10)15(18)17-14(11(2)16(19)20)12-6-4-3-5-7-12/h3-9,11,14H,1-2H3,(H,17,18)(H,19,20)/t11-,14-/m1/s1. The van der Waals surface area contributed by atoms with Gasteiger partial charge in [0.25, 0.3) is 5.91 Å². The van der Waals surface area contributed by atoms with Gasteiger partial charge >= 0.3 is 5.97 Å². The Kier molecular flexibility index (Phi) is 4.75. The minimum atomic E-state index is -0.939. The molecule has 5 heteroatoms. The first-order chi connectivity index (χ1) is 10.0. The van der Waals surface area contributed by atoms with Gasteiger partial charge in [-0.15, -0.1) is 0 Å². The van der Waals surface area contributed by atoms with Gasteiger partial charge in [-0.2, -0.15) is 11.3 Å². The van der Waals surface area contributed by atoms with E-state index in [1.165, 1.54) is 11.3 Å². The number of nitrogens with one attached hydrogen (secondary N) is 1. The number of aryl methyl sites for hydroxylation is 1. The molecule has 2 atom stereocenters. The van der Waals surface area contributed by atoms with Crippen molar-refractivity contribution in [2.75, 3.05) is 0 Å². The van der Waals surface area contributed by atoms with Crippen molar-refractivity contribution < 1.29 is 14.7 Å². The number of hydrogen-bond donors (Lipinski definition) is 2. The minimum absolute atomic E-state index is 0.240. The van der Waals surface area contributed by atoms with E-state index in [1.807, 2.05) is 42.6 Å². The molecule has 110 valence electrons. The molecule has 0 bridgehead atoms. The molecule has 2 N–H and O–H groups in total. The number of carbonyl (C=O) groups excluding carboxylic acids is 1. The number of rotatable bonds is 5. The summed E-state index contributed by atoms with van der Waals surface area (Å²) in [4.78, 5) is 23.6. The van der Waals surface area contributed by atoms with E-state index < -0.39 is 17.9 Å². The second-order valence-electron chi connectivity index (χ2n) is 4.96. The van der Waals surface area contributed by atoms with Crippen LogP contribution in [-0.4, -0.2) is 17.0 Å². The smallest absolute Gasteiger partial charge is 0.308 e. The highest BCUT2D eigenvalue weighted by atomic mass is 32.1. The number of carboxylic acid groups (broad SMARTS) is 1. The van der Waals surface area contributed by atoms with Crippen molar-refractivity contribution in [3.8, 4) is 0 Å². The first-order valence-corrected chi connectivity index (χ1v) is 7.56. The van der Waals surface area contributed by atoms with Gasteiger partial charge in [-0.1, -0.05) is 30.3 Å². The quantitative estimate of drug-likeness (QED) is 0.891. The summed E-state index contributed by atoms with van der Waals surface area (Å²) in [5.41, 5.74) is 2.28. The zero-order valence-electron chi connectivity index (χ0n) is 11.9. The minimum Gasteiger partial charge on any atom is -0.481 e. The molecule has 0 aliphatic carbocycles. The van der Waals surface area contributed by atoms with E-state index in [4.69, 9.17) is 0 Å². The molecular weight excluding hydrogens is 286 g/mol. The lowest BCUT2D eigenvalue weighted by atomic mass is 9.94. The van der Waals surface area contributed by atoms with Crippen LogP contribution in [0.2, 0.25) is 0 Å². The first kappa shape index (κ1) is 15.3. The van der Waals surface area contributed by atoms with E-state index in [2.05, 4.69) is 5.32 Å². The maximum atomic E-state index is 12.3. The Morgan fingerprint density at radius 3 is 2.38 bits per heavy atom. The Morgan fingerprint density at radius 2 is 1.86 bits per heavy atom. The number of aliphatic carboxylic acids is 1. The molecular formula is C16H17NO3S. The Bertz CT molecular complexity index is 636. The zero-order chi connectivity index (χ0) is 15.4. The Morgan fingerprint density at radius 1 is 1.19 bits per heavy atom. The molecule has 1 amide bonds. The highest BCUT2D eigenvalue weighted by Crippen LogP contribution is 2.23. The van der Waals surface area contributed by atoms with E-state index in [0.29, 0.717) is 5.56 Å². The highest BCUT2D eigenvalue weighted by molar-refractivity contribution is 7.08. The van der Waals surface area contributed by atoms with Gasteiger partial charge in [0.1, 0.15) is 0 Å². The SMILES string of the molecule is Cc1cscc1C(=O)N[C@@H](c1ccccc1)[C@@H](C)C(=O)O. The van der Waals surface area contributed by atoms with Gasteiger partial charge < -0.3 is 10.4 Å². The van der Waals surface area contributed by atoms with Crippen LogP contribution in [-0.2, 0) is 4.79 Å². The number of carboxylic acids is 1. The van der Waals surface area contributed by atoms with Crippen molar-refractivity contribution in [3.05, 3.63) is 57.8 Å². The molecule has 2 rings (SSSR count). The molecule has 0 aliphatic rings. The molecule has 0 aliphatic heterocycles. The fourth-order valence-electron chi connectivity index (χ4n) is 2.11. The lowest BCUT2D eigenvalue weighted by Gasteiger charge is -2.23. The van der Waals surface area contributed by atoms with E-state index in [-0.39, 0.29) is 5.91 Å². The monoisotopic (exact) mass is 303 g/mol. The topological polar surface area (TPSA) is 66.4 Å². The lowest BCUT2D eigenvalue weighted by molar-refractivity contribution is -0.142. The predicted octanol–water partition coefficient (Wildman–Crippen LogP) is 3.25. The fourth-order valence-corrected chi connectivity index (χ4v) is 2.94. The van der Waals surface area contributed by atoms with Gasteiger partial charge in [-0.05, 0) is 30.4 Å². The Hall–Kier alpha value is -2.14. The fraction of sp³-hybridized carbons (Fsp3) is 0.250. The first-order valence-electron chi connectivity index (χ1n) is 6.62. The highest BCUT2D eigenvalue weighted by Gasteiger charge is 2.27. The van der Waals surface area contributed by atoms with Crippen LogP contribution in [0.15, 0.2) is 41.1 Å². The Labute approximate surface area is 127 Å². The van der Waals surface area contributed by atoms with Crippen LogP contribution in [0.3, 0.4) is 0 Å². The number of amides is 1. The molecule has 0 fully saturated rings. The number of hydrogen-bond acceptors (Lipinski definition) is 3. The molecule has 2 aromatic rings. The number of thiophene rings is 1. The van der Waals surface area contributed by atoms with E-state index in [1.54, 1.807) is 12.3 Å². The van der Waals surface area contributed by atoms with Crippen LogP contribution >= 0.6 is 11.3 Å². The van der Waals surface area contributed by atoms with Gasteiger partial charge in [-0.3, -0.25) is 9.59 Å². The molecule has 0 unspecified atom stereocenters. The average molecular weight is 303 g/mol. The molecule has 1 aromatic heterocycles. The number of carbonyl (C=O) groups is 2. The van der Waals surface area contributed by atoms with Crippen LogP contribution in [0.25, 0.3) is 0 Å². The normalized spacial score (nSPS) is 13.4. The average Bonchev–Trinajstić information content (AvgIpc) is 2.91. The summed E-state index contributed by atoms with van der Waals surface area (Å²) < 4.78 is 0. The molecule has 0 spiro atoms. The third-order valence-corrected chi connectivity index (χ3v) is 4.30. The third kappa shape index (κ3) is 3.49. The van der Waals surface area contributed by atoms with Crippen molar-refractivity contribution in [1.82, 2.24) is 5.32 Å². The molecule has 4 nitrogen and oxygen atoms in total. The molecule has 1 heterocycles. The van der Waals surface area contributed by atoms with E-state index >= 15 is 0 Å². The second-order valence-corrected chi connectivity index (χ2v) is 5.70. The van der Waals surface area contributed by atoms with Gasteiger partial charge in [0.2, 0.25) is 0 Å². The third-order valence-electron chi connectivity index (χ3n) is 3.43. The van der Waals surface area contributed by atoms with E-state index in [0.717, 1.165) is 11.1 Å². The van der Waals surface area contributed by atoms with E-state index in [9.17, 15) is 14.7 Å². The molecule has 0 saturated heterocycles. The van der Waals surface area contributed by atoms with Crippen molar-refractivity contribution in [2.24, 2.45) is 5.92 Å². The second kappa shape index (κ2) is 6.54. The van der Waals surface area contributed by atoms with Crippen LogP contribution in [0.4, 0.5) is 0 Å². The summed E-state index contributed by atoms with van der Waals surface area (Å²) in [5, 5.41) is 15.8. The van der Waals surface area contributed by atoms with Crippen LogP contribution in [0.5, 0.6) is 0 Å². The van der Waals surface area contributed by atoms with Gasteiger partial charge in [-0.25, -0.2) is 0 Å². The summed E-state index contributed by atoms with van der Waals surface area (Å²) in [6, 6.07) is 8.61. The van der Waals surface area contributed by atoms with Crippen molar-refractivity contribution in [1.29, 1.82) is 0 Å². The summed E-state index contributed by atoms with van der Waals surface area (Å²) in [6.07, 6.45) is 0. The van der Waals surface area contributed by atoms with Gasteiger partial charge in [0.05, 0.1) is 17.5 Å². The van der Waals surface area contributed by atoms with Crippen molar-refractivity contribution >= 4 is 23.2 Å². The lowest BCUT2D eigenvalue weighted by Crippen LogP contribution is -2.35. The maximum absolute atomic E-state index is 12.3. The van der Waals surface area contributed by atoms with Crippen LogP contribution in [0, 0.1) is 12.8 Å². The summed E-state index contributed by atoms with van der Waals surface area (Å²) in [7, 11) is 0. The summed E-state index contributed by atoms with van der Waals surface area (Å²) in [5.74, 6) is -1.89. The molecule has 0 saturated carbocycles. The van der Waals surface area contributed by atoms with Crippen molar-refractivity contribution in [3.63, 3.8) is 0 Å². The largest absolute Gasteiger partial charge is 0.481 e. The van der Waals surface area contributed by atoms with Crippen LogP contribution < -0.4 is 5.32 Å². The zero-order valence-corrected chi connectivity index (χ0v) is 12.7. The molecule has 1 aromatic carbocycles.